The first kappa shape index (κ1) is 19.9. The minimum atomic E-state index is 0.745. The average molecular weight is 363 g/mol. The first-order valence-corrected chi connectivity index (χ1v) is 10.1. The number of halogens is 1. The molecule has 2 aromatic rings. The molecule has 3 heteroatoms. The lowest BCUT2D eigenvalue weighted by Crippen LogP contribution is -2.01. The number of unbranched alkanes of at least 4 members (excludes halogenated alkanes) is 5. The first-order chi connectivity index (χ1) is 12.3. The normalized spacial score (nSPS) is 11.0. The van der Waals surface area contributed by atoms with Crippen LogP contribution in [0.25, 0.3) is 10.8 Å². The smallest absolute Gasteiger partial charge is 0.130 e. The predicted molar refractivity (Wildman–Crippen MR) is 108 cm³/mol. The van der Waals surface area contributed by atoms with E-state index < -0.39 is 0 Å². The lowest BCUT2D eigenvalue weighted by molar-refractivity contribution is 0.304. The predicted octanol–water partition coefficient (Wildman–Crippen LogP) is 6.90. The number of ether oxygens (including phenoxy) is 2. The molecule has 0 radical (unpaired) electrons. The van der Waals surface area contributed by atoms with E-state index in [1.54, 1.807) is 0 Å². The van der Waals surface area contributed by atoms with E-state index >= 15 is 0 Å². The van der Waals surface area contributed by atoms with Gasteiger partial charge in [-0.15, -0.1) is 11.6 Å². The van der Waals surface area contributed by atoms with Crippen LogP contribution in [-0.4, -0.2) is 19.1 Å². The van der Waals surface area contributed by atoms with Gasteiger partial charge in [-0.1, -0.05) is 56.9 Å². The van der Waals surface area contributed by atoms with Gasteiger partial charge in [0, 0.05) is 16.7 Å². The van der Waals surface area contributed by atoms with Crippen molar-refractivity contribution >= 4 is 22.4 Å². The highest BCUT2D eigenvalue weighted by Crippen LogP contribution is 2.36. The lowest BCUT2D eigenvalue weighted by atomic mass is 10.0. The van der Waals surface area contributed by atoms with Crippen LogP contribution in [-0.2, 0) is 0 Å². The zero-order valence-corrected chi connectivity index (χ0v) is 16.4. The summed E-state index contributed by atoms with van der Waals surface area (Å²) in [6, 6.07) is 10.5. The second-order valence-electron chi connectivity index (χ2n) is 6.57. The van der Waals surface area contributed by atoms with Gasteiger partial charge in [0.2, 0.25) is 0 Å². The van der Waals surface area contributed by atoms with Crippen molar-refractivity contribution < 1.29 is 9.47 Å². The van der Waals surface area contributed by atoms with Gasteiger partial charge in [-0.2, -0.15) is 0 Å². The van der Waals surface area contributed by atoms with Crippen LogP contribution < -0.4 is 9.47 Å². The molecule has 0 N–H and O–H groups in total. The van der Waals surface area contributed by atoms with Crippen molar-refractivity contribution in [3.8, 4) is 11.5 Å². The molecular formula is C22H31ClO2. The molecule has 0 spiro atoms. The molecule has 0 heterocycles. The molecule has 2 nitrogen and oxygen atoms in total. The third kappa shape index (κ3) is 6.11. The van der Waals surface area contributed by atoms with Crippen LogP contribution in [0.15, 0.2) is 30.3 Å². The standard InChI is InChI=1S/C22H31ClO2/c1-3-15-25-22-18(2)17-21(19-12-8-9-13-20(19)22)24-16-11-7-5-4-6-10-14-23/h8-9,12-13,17H,3-7,10-11,14-16H2,1-2H3. The van der Waals surface area contributed by atoms with Crippen molar-refractivity contribution in [2.75, 3.05) is 19.1 Å². The molecule has 0 bridgehead atoms. The number of rotatable bonds is 12. The fourth-order valence-corrected chi connectivity index (χ4v) is 3.24. The molecule has 0 aliphatic heterocycles. The monoisotopic (exact) mass is 362 g/mol. The number of aryl methyl sites for hydroxylation is 1. The summed E-state index contributed by atoms with van der Waals surface area (Å²) in [5, 5.41) is 2.29. The lowest BCUT2D eigenvalue weighted by Gasteiger charge is -2.16. The number of fused-ring (bicyclic) bond motifs is 1. The Morgan fingerprint density at radius 2 is 1.52 bits per heavy atom. The van der Waals surface area contributed by atoms with E-state index in [2.05, 4.69) is 44.2 Å². The largest absolute Gasteiger partial charge is 0.493 e. The summed E-state index contributed by atoms with van der Waals surface area (Å²) in [6.45, 7) is 5.74. The van der Waals surface area contributed by atoms with Crippen LogP contribution in [0.1, 0.15) is 57.4 Å². The van der Waals surface area contributed by atoms with Crippen LogP contribution in [0.4, 0.5) is 0 Å². The summed E-state index contributed by atoms with van der Waals surface area (Å²) in [5.41, 5.74) is 1.14. The Morgan fingerprint density at radius 3 is 2.24 bits per heavy atom. The summed E-state index contributed by atoms with van der Waals surface area (Å²) in [5.74, 6) is 2.75. The van der Waals surface area contributed by atoms with Gasteiger partial charge < -0.3 is 9.47 Å². The Morgan fingerprint density at radius 1 is 0.840 bits per heavy atom. The molecule has 0 atom stereocenters. The highest BCUT2D eigenvalue weighted by atomic mass is 35.5. The molecule has 0 fully saturated rings. The van der Waals surface area contributed by atoms with Crippen LogP contribution in [0, 0.1) is 6.92 Å². The SMILES string of the molecule is CCCOc1c(C)cc(OCCCCCCCCCl)c2ccccc12. The van der Waals surface area contributed by atoms with E-state index in [1.165, 1.54) is 25.7 Å². The molecular weight excluding hydrogens is 332 g/mol. The molecule has 0 saturated carbocycles. The maximum absolute atomic E-state index is 6.11. The summed E-state index contributed by atoms with van der Waals surface area (Å²) >= 11 is 5.70. The maximum atomic E-state index is 6.11. The van der Waals surface area contributed by atoms with Crippen LogP contribution in [0.5, 0.6) is 11.5 Å². The van der Waals surface area contributed by atoms with Crippen LogP contribution >= 0.6 is 11.6 Å². The Hall–Kier alpha value is -1.41. The molecule has 2 rings (SSSR count). The summed E-state index contributed by atoms with van der Waals surface area (Å²) in [7, 11) is 0. The minimum Gasteiger partial charge on any atom is -0.493 e. The number of alkyl halides is 1. The number of benzene rings is 2. The topological polar surface area (TPSA) is 18.5 Å². The molecule has 25 heavy (non-hydrogen) atoms. The maximum Gasteiger partial charge on any atom is 0.130 e. The van der Waals surface area contributed by atoms with Gasteiger partial charge in [-0.25, -0.2) is 0 Å². The zero-order chi connectivity index (χ0) is 17.9. The van der Waals surface area contributed by atoms with Crippen molar-refractivity contribution in [2.24, 2.45) is 0 Å². The van der Waals surface area contributed by atoms with E-state index in [9.17, 15) is 0 Å². The number of hydrogen-bond donors (Lipinski definition) is 0. The summed E-state index contributed by atoms with van der Waals surface area (Å²) < 4.78 is 12.1. The Balaban J connectivity index is 1.95. The fourth-order valence-electron chi connectivity index (χ4n) is 3.05. The molecule has 2 aromatic carbocycles. The molecule has 0 amide bonds. The third-order valence-corrected chi connectivity index (χ3v) is 4.65. The molecule has 0 saturated heterocycles. The fraction of sp³-hybridized carbons (Fsp3) is 0.545. The highest BCUT2D eigenvalue weighted by molar-refractivity contribution is 6.17. The summed E-state index contributed by atoms with van der Waals surface area (Å²) in [4.78, 5) is 0. The summed E-state index contributed by atoms with van der Waals surface area (Å²) in [6.07, 6.45) is 8.25. The highest BCUT2D eigenvalue weighted by Gasteiger charge is 2.11. The minimum absolute atomic E-state index is 0.745. The molecule has 138 valence electrons. The quantitative estimate of drug-likeness (QED) is 0.302. The van der Waals surface area contributed by atoms with E-state index in [0.717, 1.165) is 66.2 Å². The van der Waals surface area contributed by atoms with Gasteiger partial charge in [0.15, 0.2) is 0 Å². The Labute approximate surface area is 157 Å². The Kier molecular flexibility index (Phi) is 8.96. The second-order valence-corrected chi connectivity index (χ2v) is 6.95. The van der Waals surface area contributed by atoms with Crippen molar-refractivity contribution in [1.29, 1.82) is 0 Å². The Bertz CT molecular complexity index is 639. The second kappa shape index (κ2) is 11.3. The van der Waals surface area contributed by atoms with Crippen molar-refractivity contribution in [3.63, 3.8) is 0 Å². The molecule has 0 aliphatic carbocycles. The van der Waals surface area contributed by atoms with E-state index in [-0.39, 0.29) is 0 Å². The van der Waals surface area contributed by atoms with Crippen LogP contribution in [0.3, 0.4) is 0 Å². The van der Waals surface area contributed by atoms with E-state index in [1.807, 2.05) is 0 Å². The zero-order valence-electron chi connectivity index (χ0n) is 15.7. The van der Waals surface area contributed by atoms with E-state index in [0.29, 0.717) is 0 Å². The van der Waals surface area contributed by atoms with Gasteiger partial charge >= 0.3 is 0 Å². The number of hydrogen-bond acceptors (Lipinski definition) is 2. The van der Waals surface area contributed by atoms with Gasteiger partial charge in [0.25, 0.3) is 0 Å². The van der Waals surface area contributed by atoms with Gasteiger partial charge in [0.1, 0.15) is 11.5 Å². The van der Waals surface area contributed by atoms with Crippen molar-refractivity contribution in [2.45, 2.75) is 58.8 Å². The van der Waals surface area contributed by atoms with Crippen LogP contribution in [0.2, 0.25) is 0 Å². The van der Waals surface area contributed by atoms with E-state index in [4.69, 9.17) is 21.1 Å². The molecule has 0 aliphatic rings. The first-order valence-electron chi connectivity index (χ1n) is 9.61. The molecule has 0 aromatic heterocycles. The van der Waals surface area contributed by atoms with Gasteiger partial charge in [-0.3, -0.25) is 0 Å². The van der Waals surface area contributed by atoms with Crippen molar-refractivity contribution in [1.82, 2.24) is 0 Å². The average Bonchev–Trinajstić information content (AvgIpc) is 2.63. The molecule has 0 unspecified atom stereocenters. The van der Waals surface area contributed by atoms with Gasteiger partial charge in [0.05, 0.1) is 13.2 Å². The van der Waals surface area contributed by atoms with Gasteiger partial charge in [-0.05, 0) is 37.8 Å². The third-order valence-electron chi connectivity index (χ3n) is 4.38. The van der Waals surface area contributed by atoms with Crippen molar-refractivity contribution in [3.05, 3.63) is 35.9 Å².